The summed E-state index contributed by atoms with van der Waals surface area (Å²) in [6.07, 6.45) is 2.49. The fourth-order valence-electron chi connectivity index (χ4n) is 2.22. The normalized spacial score (nSPS) is 12.0. The van der Waals surface area contributed by atoms with Crippen LogP contribution in [0.25, 0.3) is 0 Å². The van der Waals surface area contributed by atoms with Crippen molar-refractivity contribution >= 4 is 11.7 Å². The van der Waals surface area contributed by atoms with E-state index in [1.165, 1.54) is 6.07 Å². The third-order valence-corrected chi connectivity index (χ3v) is 3.53. The van der Waals surface area contributed by atoms with Crippen LogP contribution in [0, 0.1) is 12.7 Å². The van der Waals surface area contributed by atoms with Gasteiger partial charge in [-0.15, -0.1) is 0 Å². The van der Waals surface area contributed by atoms with Crippen LogP contribution in [0.15, 0.2) is 24.4 Å². The Kier molecular flexibility index (Phi) is 4.80. The van der Waals surface area contributed by atoms with Crippen LogP contribution in [0.5, 0.6) is 0 Å². The molecule has 0 fully saturated rings. The number of aromatic nitrogens is 2. The second kappa shape index (κ2) is 6.60. The number of urea groups is 1. The molecule has 0 bridgehead atoms. The van der Waals surface area contributed by atoms with Crippen LogP contribution in [-0.4, -0.2) is 15.8 Å². The number of nitrogens with one attached hydrogen (secondary N) is 2. The molecule has 0 aliphatic carbocycles. The van der Waals surface area contributed by atoms with Gasteiger partial charge in [0.2, 0.25) is 0 Å². The van der Waals surface area contributed by atoms with E-state index in [-0.39, 0.29) is 17.9 Å². The lowest BCUT2D eigenvalue weighted by Gasteiger charge is -2.15. The summed E-state index contributed by atoms with van der Waals surface area (Å²) in [5.74, 6) is -0.271. The van der Waals surface area contributed by atoms with Crippen molar-refractivity contribution in [3.8, 4) is 0 Å². The fourth-order valence-corrected chi connectivity index (χ4v) is 2.22. The molecular weight excluding hydrogens is 283 g/mol. The first-order valence-electron chi connectivity index (χ1n) is 7.26. The molecule has 0 saturated carbocycles. The molecule has 1 atom stereocenters. The van der Waals surface area contributed by atoms with E-state index in [4.69, 9.17) is 0 Å². The number of benzene rings is 1. The van der Waals surface area contributed by atoms with Gasteiger partial charge in [0.25, 0.3) is 0 Å². The van der Waals surface area contributed by atoms with E-state index in [1.807, 2.05) is 19.9 Å². The van der Waals surface area contributed by atoms with Crippen LogP contribution in [0.4, 0.5) is 14.9 Å². The molecule has 1 aromatic carbocycles. The Morgan fingerprint density at radius 2 is 2.18 bits per heavy atom. The molecular formula is C16H21FN4O. The largest absolute Gasteiger partial charge is 0.331 e. The number of anilines is 1. The highest BCUT2D eigenvalue weighted by Gasteiger charge is 2.13. The quantitative estimate of drug-likeness (QED) is 0.910. The lowest BCUT2D eigenvalue weighted by Crippen LogP contribution is -2.31. The first-order valence-corrected chi connectivity index (χ1v) is 7.26. The monoisotopic (exact) mass is 304 g/mol. The number of hydrogen-bond donors (Lipinski definition) is 2. The van der Waals surface area contributed by atoms with E-state index in [9.17, 15) is 9.18 Å². The van der Waals surface area contributed by atoms with Gasteiger partial charge in [0, 0.05) is 13.2 Å². The summed E-state index contributed by atoms with van der Waals surface area (Å²) in [6, 6.07) is 4.33. The SMILES string of the molecule is CCc1nn(C)cc1NC(=O)N[C@H](C)c1ccc(C)c(F)c1. The third kappa shape index (κ3) is 3.63. The third-order valence-electron chi connectivity index (χ3n) is 3.53. The van der Waals surface area contributed by atoms with Crippen LogP contribution in [-0.2, 0) is 13.5 Å². The van der Waals surface area contributed by atoms with Gasteiger partial charge in [-0.2, -0.15) is 5.10 Å². The summed E-state index contributed by atoms with van der Waals surface area (Å²) in [4.78, 5) is 12.1. The van der Waals surface area contributed by atoms with Gasteiger partial charge in [0.05, 0.1) is 17.4 Å². The van der Waals surface area contributed by atoms with Crippen molar-refractivity contribution in [2.75, 3.05) is 5.32 Å². The topological polar surface area (TPSA) is 59.0 Å². The van der Waals surface area contributed by atoms with Crippen LogP contribution >= 0.6 is 0 Å². The van der Waals surface area contributed by atoms with Crippen molar-refractivity contribution in [1.29, 1.82) is 0 Å². The van der Waals surface area contributed by atoms with E-state index in [2.05, 4.69) is 15.7 Å². The van der Waals surface area contributed by atoms with Crippen LogP contribution in [0.1, 0.15) is 36.7 Å². The Bertz CT molecular complexity index is 681. The minimum Gasteiger partial charge on any atom is -0.331 e. The summed E-state index contributed by atoms with van der Waals surface area (Å²) in [7, 11) is 1.81. The summed E-state index contributed by atoms with van der Waals surface area (Å²) in [5, 5.41) is 9.85. The summed E-state index contributed by atoms with van der Waals surface area (Å²) < 4.78 is 15.2. The number of aryl methyl sites for hydroxylation is 3. The average molecular weight is 304 g/mol. The molecule has 0 aliphatic rings. The maximum atomic E-state index is 13.6. The second-order valence-electron chi connectivity index (χ2n) is 5.35. The van der Waals surface area contributed by atoms with E-state index < -0.39 is 0 Å². The molecule has 0 unspecified atom stereocenters. The standard InChI is InChI=1S/C16H21FN4O/c1-5-14-15(9-21(4)20-14)19-16(22)18-11(3)12-7-6-10(2)13(17)8-12/h6-9,11H,5H2,1-4H3,(H2,18,19,22)/t11-/m1/s1. The van der Waals surface area contributed by atoms with Crippen molar-refractivity contribution in [2.45, 2.75) is 33.2 Å². The van der Waals surface area contributed by atoms with Gasteiger partial charge >= 0.3 is 6.03 Å². The lowest BCUT2D eigenvalue weighted by atomic mass is 10.1. The molecule has 1 aromatic heterocycles. The molecule has 2 rings (SSSR count). The molecule has 5 nitrogen and oxygen atoms in total. The molecule has 6 heteroatoms. The highest BCUT2D eigenvalue weighted by molar-refractivity contribution is 5.90. The highest BCUT2D eigenvalue weighted by Crippen LogP contribution is 2.17. The number of carbonyl (C=O) groups is 1. The average Bonchev–Trinajstić information content (AvgIpc) is 2.81. The summed E-state index contributed by atoms with van der Waals surface area (Å²) in [5.41, 5.74) is 2.82. The molecule has 2 N–H and O–H groups in total. The van der Waals surface area contributed by atoms with Gasteiger partial charge in [0.15, 0.2) is 0 Å². The van der Waals surface area contributed by atoms with Crippen LogP contribution in [0.3, 0.4) is 0 Å². The number of hydrogen-bond acceptors (Lipinski definition) is 2. The predicted octanol–water partition coefficient (Wildman–Crippen LogP) is 3.31. The van der Waals surface area contributed by atoms with Gasteiger partial charge < -0.3 is 10.6 Å². The number of nitrogens with zero attached hydrogens (tertiary/aromatic N) is 2. The Morgan fingerprint density at radius 1 is 1.45 bits per heavy atom. The molecule has 22 heavy (non-hydrogen) atoms. The first kappa shape index (κ1) is 16.0. The van der Waals surface area contributed by atoms with Gasteiger partial charge in [0.1, 0.15) is 5.82 Å². The number of halogens is 1. The van der Waals surface area contributed by atoms with E-state index in [0.717, 1.165) is 17.7 Å². The number of amides is 2. The maximum Gasteiger partial charge on any atom is 0.319 e. The van der Waals surface area contributed by atoms with Crippen molar-refractivity contribution < 1.29 is 9.18 Å². The van der Waals surface area contributed by atoms with Crippen LogP contribution < -0.4 is 10.6 Å². The highest BCUT2D eigenvalue weighted by atomic mass is 19.1. The van der Waals surface area contributed by atoms with E-state index in [1.54, 1.807) is 30.9 Å². The number of rotatable bonds is 4. The Hall–Kier alpha value is -2.37. The predicted molar refractivity (Wildman–Crippen MR) is 84.3 cm³/mol. The molecule has 2 amide bonds. The van der Waals surface area contributed by atoms with Gasteiger partial charge in [-0.05, 0) is 37.5 Å². The molecule has 0 spiro atoms. The fraction of sp³-hybridized carbons (Fsp3) is 0.375. The Labute approximate surface area is 129 Å². The minimum absolute atomic E-state index is 0.271. The van der Waals surface area contributed by atoms with Gasteiger partial charge in [-0.25, -0.2) is 9.18 Å². The molecule has 0 aliphatic heterocycles. The van der Waals surface area contributed by atoms with E-state index >= 15 is 0 Å². The smallest absolute Gasteiger partial charge is 0.319 e. The summed E-state index contributed by atoms with van der Waals surface area (Å²) in [6.45, 7) is 5.50. The van der Waals surface area contributed by atoms with Crippen molar-refractivity contribution in [1.82, 2.24) is 15.1 Å². The maximum absolute atomic E-state index is 13.6. The lowest BCUT2D eigenvalue weighted by molar-refractivity contribution is 0.249. The zero-order valence-electron chi connectivity index (χ0n) is 13.3. The summed E-state index contributed by atoms with van der Waals surface area (Å²) >= 11 is 0. The molecule has 0 radical (unpaired) electrons. The second-order valence-corrected chi connectivity index (χ2v) is 5.35. The van der Waals surface area contributed by atoms with E-state index in [0.29, 0.717) is 11.3 Å². The molecule has 2 aromatic rings. The molecule has 0 saturated heterocycles. The van der Waals surface area contributed by atoms with Crippen LogP contribution in [0.2, 0.25) is 0 Å². The van der Waals surface area contributed by atoms with Crippen molar-refractivity contribution in [2.24, 2.45) is 7.05 Å². The van der Waals surface area contributed by atoms with Gasteiger partial charge in [-0.3, -0.25) is 4.68 Å². The Morgan fingerprint density at radius 3 is 2.82 bits per heavy atom. The first-order chi connectivity index (χ1) is 10.4. The zero-order valence-corrected chi connectivity index (χ0v) is 13.3. The number of carbonyl (C=O) groups excluding carboxylic acids is 1. The minimum atomic E-state index is -0.337. The van der Waals surface area contributed by atoms with Crippen molar-refractivity contribution in [3.63, 3.8) is 0 Å². The zero-order chi connectivity index (χ0) is 16.3. The Balaban J connectivity index is 2.03. The molecule has 118 valence electrons. The molecule has 1 heterocycles. The van der Waals surface area contributed by atoms with Crippen molar-refractivity contribution in [3.05, 3.63) is 47.0 Å². The van der Waals surface area contributed by atoms with Gasteiger partial charge in [-0.1, -0.05) is 19.1 Å².